The molecule has 0 unspecified atom stereocenters. The highest BCUT2D eigenvalue weighted by atomic mass is 32.1. The summed E-state index contributed by atoms with van der Waals surface area (Å²) in [6, 6.07) is 10.4. The summed E-state index contributed by atoms with van der Waals surface area (Å²) in [6.07, 6.45) is 5.39. The molecule has 1 aromatic heterocycles. The zero-order valence-electron chi connectivity index (χ0n) is 13.1. The maximum Gasteiger partial charge on any atom is 0.224 e. The van der Waals surface area contributed by atoms with Crippen molar-refractivity contribution in [2.24, 2.45) is 0 Å². The molecule has 0 saturated heterocycles. The van der Waals surface area contributed by atoms with E-state index in [0.29, 0.717) is 6.42 Å². The van der Waals surface area contributed by atoms with Gasteiger partial charge in [-0.25, -0.2) is 0 Å². The van der Waals surface area contributed by atoms with Gasteiger partial charge in [0, 0.05) is 12.0 Å². The number of thiophene rings is 1. The van der Waals surface area contributed by atoms with Gasteiger partial charge in [0.05, 0.1) is 6.42 Å². The van der Waals surface area contributed by atoms with Crippen LogP contribution in [0.3, 0.4) is 0 Å². The number of carbonyl (C=O) groups is 1. The van der Waals surface area contributed by atoms with Crippen LogP contribution in [0.25, 0.3) is 0 Å². The summed E-state index contributed by atoms with van der Waals surface area (Å²) in [4.78, 5) is 12.3. The third kappa shape index (κ3) is 3.41. The van der Waals surface area contributed by atoms with E-state index >= 15 is 0 Å². The van der Waals surface area contributed by atoms with Crippen molar-refractivity contribution in [2.75, 3.05) is 6.54 Å². The number of hydrogen-bond donors (Lipinski definition) is 1. The number of nitrogens with one attached hydrogen (secondary N) is 1. The second-order valence-corrected chi connectivity index (χ2v) is 7.22. The maximum absolute atomic E-state index is 12.3. The van der Waals surface area contributed by atoms with Crippen molar-refractivity contribution in [3.05, 3.63) is 57.8 Å². The molecule has 1 aromatic carbocycles. The van der Waals surface area contributed by atoms with Gasteiger partial charge in [-0.2, -0.15) is 11.3 Å². The minimum absolute atomic E-state index is 0.132. The van der Waals surface area contributed by atoms with Crippen LogP contribution >= 0.6 is 11.3 Å². The van der Waals surface area contributed by atoms with Gasteiger partial charge in [-0.3, -0.25) is 4.79 Å². The molecule has 1 saturated carbocycles. The molecule has 0 bridgehead atoms. The lowest BCUT2D eigenvalue weighted by Crippen LogP contribution is -2.39. The predicted molar refractivity (Wildman–Crippen MR) is 92.4 cm³/mol. The summed E-state index contributed by atoms with van der Waals surface area (Å²) in [5.41, 5.74) is 3.87. The molecule has 116 valence electrons. The monoisotopic (exact) mass is 313 g/mol. The summed E-state index contributed by atoms with van der Waals surface area (Å²) in [7, 11) is 0. The van der Waals surface area contributed by atoms with Crippen molar-refractivity contribution < 1.29 is 4.79 Å². The largest absolute Gasteiger partial charge is 0.355 e. The molecule has 0 aliphatic heterocycles. The molecule has 1 aliphatic carbocycles. The molecule has 0 atom stereocenters. The lowest BCUT2D eigenvalue weighted by atomic mass is 9.80. The minimum Gasteiger partial charge on any atom is -0.355 e. The highest BCUT2D eigenvalue weighted by Gasteiger charge is 2.36. The number of aryl methyl sites for hydroxylation is 1. The van der Waals surface area contributed by atoms with Crippen LogP contribution < -0.4 is 5.32 Å². The van der Waals surface area contributed by atoms with Crippen molar-refractivity contribution in [1.29, 1.82) is 0 Å². The lowest BCUT2D eigenvalue weighted by molar-refractivity contribution is -0.120. The fourth-order valence-corrected chi connectivity index (χ4v) is 4.30. The summed E-state index contributed by atoms with van der Waals surface area (Å²) in [5, 5.41) is 7.58. The summed E-state index contributed by atoms with van der Waals surface area (Å²) in [5.74, 6) is 0.132. The first-order valence-electron chi connectivity index (χ1n) is 8.03. The molecule has 1 fully saturated rings. The molecule has 1 amide bonds. The first kappa shape index (κ1) is 15.3. The Kier molecular flexibility index (Phi) is 4.63. The van der Waals surface area contributed by atoms with Crippen LogP contribution in [0.2, 0.25) is 0 Å². The summed E-state index contributed by atoms with van der Waals surface area (Å²) < 4.78 is 0. The first-order chi connectivity index (χ1) is 10.7. The molecular weight excluding hydrogens is 290 g/mol. The average molecular weight is 313 g/mol. The van der Waals surface area contributed by atoms with Crippen LogP contribution in [0.4, 0.5) is 0 Å². The van der Waals surface area contributed by atoms with E-state index in [1.807, 2.05) is 12.1 Å². The summed E-state index contributed by atoms with van der Waals surface area (Å²) >= 11 is 1.75. The van der Waals surface area contributed by atoms with Crippen molar-refractivity contribution >= 4 is 17.2 Å². The molecule has 3 heteroatoms. The van der Waals surface area contributed by atoms with Crippen LogP contribution in [-0.4, -0.2) is 12.5 Å². The SMILES string of the molecule is Cc1cccc(CC(=O)NCC2(c3ccsc3)CCCC2)c1. The van der Waals surface area contributed by atoms with Crippen molar-refractivity contribution in [1.82, 2.24) is 5.32 Å². The van der Waals surface area contributed by atoms with E-state index < -0.39 is 0 Å². The first-order valence-corrected chi connectivity index (χ1v) is 8.97. The standard InChI is InChI=1S/C19H23NOS/c1-15-5-4-6-16(11-15)12-18(21)20-14-19(8-2-3-9-19)17-7-10-22-13-17/h4-7,10-11,13H,2-3,8-9,12,14H2,1H3,(H,20,21). The van der Waals surface area contributed by atoms with E-state index in [0.717, 1.165) is 12.1 Å². The Morgan fingerprint density at radius 2 is 2.09 bits per heavy atom. The van der Waals surface area contributed by atoms with Gasteiger partial charge in [0.25, 0.3) is 0 Å². The van der Waals surface area contributed by atoms with Gasteiger partial charge >= 0.3 is 0 Å². The van der Waals surface area contributed by atoms with E-state index in [4.69, 9.17) is 0 Å². The normalized spacial score (nSPS) is 16.6. The van der Waals surface area contributed by atoms with E-state index in [2.05, 4.69) is 41.2 Å². The number of rotatable bonds is 5. The van der Waals surface area contributed by atoms with E-state index in [-0.39, 0.29) is 11.3 Å². The Labute approximate surface area is 136 Å². The lowest BCUT2D eigenvalue weighted by Gasteiger charge is -2.28. The Balaban J connectivity index is 1.62. The van der Waals surface area contributed by atoms with Gasteiger partial charge < -0.3 is 5.32 Å². The van der Waals surface area contributed by atoms with Gasteiger partial charge in [0.2, 0.25) is 5.91 Å². The molecule has 1 aliphatic rings. The van der Waals surface area contributed by atoms with Crippen molar-refractivity contribution in [3.8, 4) is 0 Å². The fraction of sp³-hybridized carbons (Fsp3) is 0.421. The number of hydrogen-bond acceptors (Lipinski definition) is 2. The molecule has 0 radical (unpaired) electrons. The second-order valence-electron chi connectivity index (χ2n) is 6.44. The molecule has 1 N–H and O–H groups in total. The van der Waals surface area contributed by atoms with Gasteiger partial charge in [0.1, 0.15) is 0 Å². The van der Waals surface area contributed by atoms with Crippen LogP contribution in [0.15, 0.2) is 41.1 Å². The molecule has 2 nitrogen and oxygen atoms in total. The van der Waals surface area contributed by atoms with Crippen molar-refractivity contribution in [2.45, 2.75) is 44.4 Å². The highest BCUT2D eigenvalue weighted by Crippen LogP contribution is 2.41. The third-order valence-corrected chi connectivity index (χ3v) is 5.45. The van der Waals surface area contributed by atoms with Gasteiger partial charge in [-0.05, 0) is 47.7 Å². The van der Waals surface area contributed by atoms with Crippen LogP contribution in [0, 0.1) is 6.92 Å². The minimum atomic E-state index is 0.132. The second kappa shape index (κ2) is 6.66. The number of benzene rings is 1. The van der Waals surface area contributed by atoms with Gasteiger partial charge in [-0.1, -0.05) is 42.7 Å². The van der Waals surface area contributed by atoms with Gasteiger partial charge in [0.15, 0.2) is 0 Å². The molecular formula is C19H23NOS. The quantitative estimate of drug-likeness (QED) is 0.879. The molecule has 1 heterocycles. The molecule has 2 aromatic rings. The zero-order valence-corrected chi connectivity index (χ0v) is 13.9. The maximum atomic E-state index is 12.3. The van der Waals surface area contributed by atoms with Crippen LogP contribution in [0.1, 0.15) is 42.4 Å². The predicted octanol–water partition coefficient (Wildman–Crippen LogP) is 4.23. The zero-order chi connectivity index (χ0) is 15.4. The van der Waals surface area contributed by atoms with Crippen molar-refractivity contribution in [3.63, 3.8) is 0 Å². The number of amides is 1. The average Bonchev–Trinajstić information content (AvgIpc) is 3.17. The highest BCUT2D eigenvalue weighted by molar-refractivity contribution is 7.08. The van der Waals surface area contributed by atoms with Crippen LogP contribution in [0.5, 0.6) is 0 Å². The van der Waals surface area contributed by atoms with E-state index in [9.17, 15) is 4.79 Å². The number of carbonyl (C=O) groups excluding carboxylic acids is 1. The van der Waals surface area contributed by atoms with E-state index in [1.165, 1.54) is 36.8 Å². The Bertz CT molecular complexity index is 627. The molecule has 3 rings (SSSR count). The van der Waals surface area contributed by atoms with Gasteiger partial charge in [-0.15, -0.1) is 0 Å². The summed E-state index contributed by atoms with van der Waals surface area (Å²) in [6.45, 7) is 2.83. The Hall–Kier alpha value is -1.61. The topological polar surface area (TPSA) is 29.1 Å². The molecule has 22 heavy (non-hydrogen) atoms. The third-order valence-electron chi connectivity index (χ3n) is 4.77. The Morgan fingerprint density at radius 3 is 2.77 bits per heavy atom. The van der Waals surface area contributed by atoms with E-state index in [1.54, 1.807) is 11.3 Å². The molecule has 0 spiro atoms. The fourth-order valence-electron chi connectivity index (χ4n) is 3.52. The smallest absolute Gasteiger partial charge is 0.224 e. The Morgan fingerprint density at radius 1 is 1.27 bits per heavy atom. The van der Waals surface area contributed by atoms with Crippen LogP contribution in [-0.2, 0) is 16.6 Å².